The van der Waals surface area contributed by atoms with Crippen LogP contribution in [-0.4, -0.2) is 28.8 Å². The van der Waals surface area contributed by atoms with E-state index < -0.39 is 5.97 Å². The summed E-state index contributed by atoms with van der Waals surface area (Å²) in [7, 11) is 1.31. The fourth-order valence-electron chi connectivity index (χ4n) is 2.27. The van der Waals surface area contributed by atoms with Crippen molar-refractivity contribution in [1.82, 2.24) is 9.78 Å². The summed E-state index contributed by atoms with van der Waals surface area (Å²) in [5.41, 5.74) is 0.630. The topological polar surface area (TPSA) is 73.2 Å². The molecule has 3 aromatic rings. The monoisotopic (exact) mass is 397 g/mol. The lowest BCUT2D eigenvalue weighted by molar-refractivity contribution is -0.116. The van der Waals surface area contributed by atoms with E-state index in [0.717, 1.165) is 10.1 Å². The number of methoxy groups -OCH3 is 1. The van der Waals surface area contributed by atoms with Crippen LogP contribution >= 0.6 is 34.5 Å². The number of nitrogens with one attached hydrogen (secondary N) is 1. The zero-order valence-corrected chi connectivity index (χ0v) is 15.4. The third-order valence-corrected chi connectivity index (χ3v) is 5.29. The number of hydrogen-bond donors (Lipinski definition) is 1. The van der Waals surface area contributed by atoms with E-state index in [1.165, 1.54) is 24.6 Å². The highest BCUT2D eigenvalue weighted by molar-refractivity contribution is 7.21. The van der Waals surface area contributed by atoms with Gasteiger partial charge in [0.05, 0.1) is 23.4 Å². The first-order chi connectivity index (χ1) is 12.0. The predicted molar refractivity (Wildman–Crippen MR) is 98.7 cm³/mol. The van der Waals surface area contributed by atoms with Gasteiger partial charge in [-0.1, -0.05) is 23.2 Å². The maximum atomic E-state index is 12.1. The number of halogens is 2. The molecule has 0 atom stereocenters. The van der Waals surface area contributed by atoms with Gasteiger partial charge in [-0.2, -0.15) is 5.10 Å². The standard InChI is InChI=1S/C16H13Cl2N3O3S/c1-24-16(23)15-14(18)11-3-2-10(6-12(11)25-15)20-13(22)4-5-21-8-9(17)7-19-21/h2-3,6-8H,4-5H2,1H3,(H,20,22). The number of thiophene rings is 1. The van der Waals surface area contributed by atoms with Gasteiger partial charge in [0.15, 0.2) is 0 Å². The number of carbonyl (C=O) groups excluding carboxylic acids is 2. The van der Waals surface area contributed by atoms with E-state index in [9.17, 15) is 9.59 Å². The number of ether oxygens (including phenoxy) is 1. The van der Waals surface area contributed by atoms with Crippen molar-refractivity contribution in [2.45, 2.75) is 13.0 Å². The van der Waals surface area contributed by atoms with E-state index in [0.29, 0.717) is 27.2 Å². The smallest absolute Gasteiger partial charge is 0.349 e. The Labute approximate surface area is 157 Å². The second kappa shape index (κ2) is 7.43. The molecule has 0 radical (unpaired) electrons. The molecule has 0 unspecified atom stereocenters. The molecule has 0 bridgehead atoms. The minimum absolute atomic E-state index is 0.151. The summed E-state index contributed by atoms with van der Waals surface area (Å²) in [6, 6.07) is 5.29. The molecule has 0 aliphatic rings. The summed E-state index contributed by atoms with van der Waals surface area (Å²) in [6.07, 6.45) is 3.43. The quantitative estimate of drug-likeness (QED) is 0.654. The lowest BCUT2D eigenvalue weighted by atomic mass is 10.2. The highest BCUT2D eigenvalue weighted by atomic mass is 35.5. The fraction of sp³-hybridized carbons (Fsp3) is 0.188. The van der Waals surface area contributed by atoms with E-state index in [4.69, 9.17) is 27.9 Å². The third kappa shape index (κ3) is 3.95. The first kappa shape index (κ1) is 17.7. The van der Waals surface area contributed by atoms with E-state index in [-0.39, 0.29) is 12.3 Å². The number of aromatic nitrogens is 2. The molecule has 1 aromatic carbocycles. The Balaban J connectivity index is 1.71. The molecule has 0 saturated carbocycles. The van der Waals surface area contributed by atoms with E-state index >= 15 is 0 Å². The van der Waals surface area contributed by atoms with Gasteiger partial charge in [0.25, 0.3) is 0 Å². The van der Waals surface area contributed by atoms with Crippen molar-refractivity contribution in [3.8, 4) is 0 Å². The second-order valence-electron chi connectivity index (χ2n) is 5.17. The van der Waals surface area contributed by atoms with Crippen molar-refractivity contribution in [3.05, 3.63) is 45.5 Å². The van der Waals surface area contributed by atoms with Crippen LogP contribution in [0.3, 0.4) is 0 Å². The number of fused-ring (bicyclic) bond motifs is 1. The number of aryl methyl sites for hydroxylation is 1. The first-order valence-electron chi connectivity index (χ1n) is 7.26. The average molecular weight is 398 g/mol. The van der Waals surface area contributed by atoms with Crippen LogP contribution < -0.4 is 5.32 Å². The molecule has 0 saturated heterocycles. The lowest BCUT2D eigenvalue weighted by Crippen LogP contribution is -2.14. The maximum Gasteiger partial charge on any atom is 0.349 e. The summed E-state index contributed by atoms with van der Waals surface area (Å²) < 4.78 is 7.11. The molecular weight excluding hydrogens is 385 g/mol. The van der Waals surface area contributed by atoms with Crippen LogP contribution in [0.25, 0.3) is 10.1 Å². The molecule has 1 amide bonds. The van der Waals surface area contributed by atoms with Crippen LogP contribution in [0, 0.1) is 0 Å². The van der Waals surface area contributed by atoms with Crippen molar-refractivity contribution in [3.63, 3.8) is 0 Å². The van der Waals surface area contributed by atoms with Crippen LogP contribution in [0.15, 0.2) is 30.6 Å². The molecule has 6 nitrogen and oxygen atoms in total. The highest BCUT2D eigenvalue weighted by Crippen LogP contribution is 2.37. The first-order valence-corrected chi connectivity index (χ1v) is 8.83. The van der Waals surface area contributed by atoms with Crippen molar-refractivity contribution in [2.75, 3.05) is 12.4 Å². The third-order valence-electron chi connectivity index (χ3n) is 3.45. The van der Waals surface area contributed by atoms with Gasteiger partial charge >= 0.3 is 5.97 Å². The number of rotatable bonds is 5. The Morgan fingerprint density at radius 2 is 2.16 bits per heavy atom. The van der Waals surface area contributed by atoms with Crippen LogP contribution in [0.2, 0.25) is 10.0 Å². The van der Waals surface area contributed by atoms with Gasteiger partial charge in [0.2, 0.25) is 5.91 Å². The summed E-state index contributed by atoms with van der Waals surface area (Å²) in [5.74, 6) is -0.628. The van der Waals surface area contributed by atoms with Crippen LogP contribution in [0.1, 0.15) is 16.1 Å². The predicted octanol–water partition coefficient (Wildman–Crippen LogP) is 4.22. The van der Waals surface area contributed by atoms with Gasteiger partial charge in [-0.3, -0.25) is 9.48 Å². The molecule has 130 valence electrons. The van der Waals surface area contributed by atoms with E-state index in [2.05, 4.69) is 10.4 Å². The molecule has 25 heavy (non-hydrogen) atoms. The fourth-order valence-corrected chi connectivity index (χ4v) is 3.89. The second-order valence-corrected chi connectivity index (χ2v) is 7.03. The number of hydrogen-bond acceptors (Lipinski definition) is 5. The largest absolute Gasteiger partial charge is 0.465 e. The molecule has 0 spiro atoms. The number of benzene rings is 1. The molecule has 3 rings (SSSR count). The SMILES string of the molecule is COC(=O)c1sc2cc(NC(=O)CCn3cc(Cl)cn3)ccc2c1Cl. The number of carbonyl (C=O) groups is 2. The van der Waals surface area contributed by atoms with Crippen molar-refractivity contribution >= 4 is 62.2 Å². The number of esters is 1. The van der Waals surface area contributed by atoms with E-state index in [1.54, 1.807) is 29.1 Å². The minimum Gasteiger partial charge on any atom is -0.465 e. The molecule has 2 aromatic heterocycles. The normalized spacial score (nSPS) is 10.8. The van der Waals surface area contributed by atoms with Gasteiger partial charge < -0.3 is 10.1 Å². The lowest BCUT2D eigenvalue weighted by Gasteiger charge is -2.05. The molecule has 0 fully saturated rings. The Kier molecular flexibility index (Phi) is 5.27. The van der Waals surface area contributed by atoms with Crippen LogP contribution in [0.4, 0.5) is 5.69 Å². The number of nitrogens with zero attached hydrogens (tertiary/aromatic N) is 2. The van der Waals surface area contributed by atoms with Crippen molar-refractivity contribution in [1.29, 1.82) is 0 Å². The van der Waals surface area contributed by atoms with Crippen molar-refractivity contribution in [2.24, 2.45) is 0 Å². The molecule has 1 N–H and O–H groups in total. The van der Waals surface area contributed by atoms with Gasteiger partial charge in [0, 0.05) is 34.9 Å². The maximum absolute atomic E-state index is 12.1. The Morgan fingerprint density at radius 1 is 1.36 bits per heavy atom. The zero-order chi connectivity index (χ0) is 18.0. The number of amides is 1. The summed E-state index contributed by atoms with van der Waals surface area (Å²) >= 11 is 13.2. The van der Waals surface area contributed by atoms with Gasteiger partial charge in [-0.05, 0) is 18.2 Å². The van der Waals surface area contributed by atoms with Crippen LogP contribution in [-0.2, 0) is 16.1 Å². The molecule has 9 heteroatoms. The molecule has 0 aliphatic heterocycles. The van der Waals surface area contributed by atoms with Crippen LogP contribution in [0.5, 0.6) is 0 Å². The summed E-state index contributed by atoms with van der Waals surface area (Å²) in [4.78, 5) is 24.1. The number of anilines is 1. The summed E-state index contributed by atoms with van der Waals surface area (Å²) in [6.45, 7) is 0.429. The average Bonchev–Trinajstić information content (AvgIpc) is 3.15. The zero-order valence-electron chi connectivity index (χ0n) is 13.1. The molecule has 2 heterocycles. The summed E-state index contributed by atoms with van der Waals surface area (Å²) in [5, 5.41) is 8.48. The van der Waals surface area contributed by atoms with E-state index in [1.807, 2.05) is 0 Å². The van der Waals surface area contributed by atoms with Crippen molar-refractivity contribution < 1.29 is 14.3 Å². The van der Waals surface area contributed by atoms with Gasteiger partial charge in [-0.25, -0.2) is 4.79 Å². The van der Waals surface area contributed by atoms with Gasteiger partial charge in [-0.15, -0.1) is 11.3 Å². The van der Waals surface area contributed by atoms with Gasteiger partial charge in [0.1, 0.15) is 4.88 Å². The Bertz CT molecular complexity index is 951. The minimum atomic E-state index is -0.477. The highest BCUT2D eigenvalue weighted by Gasteiger charge is 2.18. The Hall–Kier alpha value is -2.09. The Morgan fingerprint density at radius 3 is 2.84 bits per heavy atom. The molecule has 0 aliphatic carbocycles. The molecular formula is C16H13Cl2N3O3S.